The van der Waals surface area contributed by atoms with Gasteiger partial charge in [-0.05, 0) is 96.5 Å². The monoisotopic (exact) mass is 695 g/mol. The SMILES string of the molecule is CCC(=O)c1nnn([C@@H]2CC34COC[C@@](C)([C@@H]3CC[C@H]3C4=CC[C@@]4(C)[C@H](C(=O)O)[C@@](C)([C@H](C)C(C)C)CC[C@]34C)[C@H]2OC[C@](C)(N)C(C)C)n1. The highest BCUT2D eigenvalue weighted by Crippen LogP contribution is 2.75. The molecule has 6 rings (SSSR count). The Labute approximate surface area is 300 Å². The molecule has 50 heavy (non-hydrogen) atoms. The van der Waals surface area contributed by atoms with Gasteiger partial charge in [-0.25, -0.2) is 0 Å². The molecule has 2 bridgehead atoms. The predicted molar refractivity (Wildman–Crippen MR) is 192 cm³/mol. The van der Waals surface area contributed by atoms with E-state index in [-0.39, 0.29) is 57.2 Å². The molecule has 1 aromatic rings. The van der Waals surface area contributed by atoms with Crippen LogP contribution in [0.15, 0.2) is 11.6 Å². The largest absolute Gasteiger partial charge is 0.481 e. The number of nitrogens with zero attached hydrogens (tertiary/aromatic N) is 4. The number of carboxylic acid groups (broad SMARTS) is 1. The molecule has 3 N–H and O–H groups in total. The number of hydrogen-bond acceptors (Lipinski definition) is 8. The van der Waals surface area contributed by atoms with E-state index in [0.717, 1.165) is 32.1 Å². The zero-order chi connectivity index (χ0) is 36.8. The predicted octanol–water partition coefficient (Wildman–Crippen LogP) is 7.15. The van der Waals surface area contributed by atoms with Crippen LogP contribution in [-0.2, 0) is 14.3 Å². The van der Waals surface area contributed by atoms with Gasteiger partial charge in [-0.1, -0.05) is 80.9 Å². The molecule has 0 amide bonds. The van der Waals surface area contributed by atoms with Crippen molar-refractivity contribution in [3.63, 3.8) is 0 Å². The Hall–Kier alpha value is -2.17. The number of ether oxygens (including phenoxy) is 2. The maximum Gasteiger partial charge on any atom is 0.307 e. The van der Waals surface area contributed by atoms with E-state index in [1.54, 1.807) is 4.80 Å². The van der Waals surface area contributed by atoms with Crippen LogP contribution in [0.25, 0.3) is 0 Å². The molecule has 2 heterocycles. The Kier molecular flexibility index (Phi) is 9.37. The Morgan fingerprint density at radius 2 is 1.80 bits per heavy atom. The summed E-state index contributed by atoms with van der Waals surface area (Å²) in [7, 11) is 0. The van der Waals surface area contributed by atoms with E-state index in [1.807, 2.05) is 13.8 Å². The lowest BCUT2D eigenvalue weighted by atomic mass is 9.34. The summed E-state index contributed by atoms with van der Waals surface area (Å²) >= 11 is 0. The summed E-state index contributed by atoms with van der Waals surface area (Å²) < 4.78 is 13.6. The minimum atomic E-state index is -0.647. The Morgan fingerprint density at radius 3 is 2.42 bits per heavy atom. The maximum absolute atomic E-state index is 13.5. The molecule has 4 fully saturated rings. The second-order valence-corrected chi connectivity index (χ2v) is 19.2. The summed E-state index contributed by atoms with van der Waals surface area (Å²) in [6.07, 6.45) is 7.88. The Balaban J connectivity index is 1.46. The van der Waals surface area contributed by atoms with Crippen molar-refractivity contribution < 1.29 is 24.2 Å². The van der Waals surface area contributed by atoms with Crippen LogP contribution in [0, 0.1) is 62.6 Å². The summed E-state index contributed by atoms with van der Waals surface area (Å²) in [6, 6.07) is -0.275. The van der Waals surface area contributed by atoms with E-state index in [2.05, 4.69) is 78.7 Å². The summed E-state index contributed by atoms with van der Waals surface area (Å²) in [4.78, 5) is 27.8. The lowest BCUT2D eigenvalue weighted by molar-refractivity contribution is -0.253. The molecule has 0 spiro atoms. The highest BCUT2D eigenvalue weighted by molar-refractivity contribution is 5.91. The minimum absolute atomic E-state index is 0.131. The van der Waals surface area contributed by atoms with Crippen molar-refractivity contribution in [1.82, 2.24) is 20.2 Å². The standard InChI is InChI=1S/C40H65N5O5/c1-12-29(46)33-42-44-45(43-33)28-19-40-22-49-20-36(8,32(28)50-21-39(11,41)24(4)5)30(40)14-13-26-27(40)15-16-38(10)31(34(47)48)35(7,25(6)23(2)3)17-18-37(26,38)9/h15,23-26,28,30-32H,12-14,16-22,41H2,1-11H3,(H,47,48)/t25-,26+,28-,30+,31-,32+,35-,36+,37-,38+,39+,40?/m1/s1. The molecule has 10 heteroatoms. The zero-order valence-electron chi connectivity index (χ0n) is 32.7. The molecule has 1 saturated heterocycles. The van der Waals surface area contributed by atoms with Gasteiger partial charge in [0.2, 0.25) is 11.6 Å². The number of nitrogens with two attached hydrogens (primary N) is 1. The van der Waals surface area contributed by atoms with E-state index in [4.69, 9.17) is 20.3 Å². The fourth-order valence-electron chi connectivity index (χ4n) is 12.2. The number of aliphatic carboxylic acids is 1. The second-order valence-electron chi connectivity index (χ2n) is 19.2. The summed E-state index contributed by atoms with van der Waals surface area (Å²) in [6.45, 7) is 25.7. The van der Waals surface area contributed by atoms with Gasteiger partial charge < -0.3 is 20.3 Å². The number of ketones is 1. The number of carbonyl (C=O) groups is 2. The molecule has 1 unspecified atom stereocenters. The molecule has 3 saturated carbocycles. The minimum Gasteiger partial charge on any atom is -0.481 e. The number of carboxylic acids is 1. The lowest BCUT2D eigenvalue weighted by Gasteiger charge is -2.71. The fraction of sp³-hybridized carbons (Fsp3) is 0.875. The number of tetrazole rings is 1. The first-order valence-corrected chi connectivity index (χ1v) is 19.5. The molecule has 10 nitrogen and oxygen atoms in total. The summed E-state index contributed by atoms with van der Waals surface area (Å²) in [5, 5.41) is 24.5. The van der Waals surface area contributed by atoms with Crippen LogP contribution in [0.3, 0.4) is 0 Å². The lowest BCUT2D eigenvalue weighted by Crippen LogP contribution is -2.69. The molecule has 0 aromatic carbocycles. The smallest absolute Gasteiger partial charge is 0.307 e. The van der Waals surface area contributed by atoms with E-state index >= 15 is 0 Å². The Bertz CT molecular complexity index is 1520. The van der Waals surface area contributed by atoms with Crippen LogP contribution in [-0.4, -0.2) is 68.5 Å². The highest BCUT2D eigenvalue weighted by atomic mass is 16.5. The van der Waals surface area contributed by atoms with Gasteiger partial charge in [0.1, 0.15) is 6.04 Å². The molecular weight excluding hydrogens is 630 g/mol. The van der Waals surface area contributed by atoms with Gasteiger partial charge in [-0.3, -0.25) is 9.59 Å². The first-order valence-electron chi connectivity index (χ1n) is 19.5. The van der Waals surface area contributed by atoms with Crippen LogP contribution in [0.2, 0.25) is 0 Å². The number of rotatable bonds is 10. The van der Waals surface area contributed by atoms with Crippen molar-refractivity contribution in [3.8, 4) is 0 Å². The van der Waals surface area contributed by atoms with E-state index in [9.17, 15) is 14.7 Å². The molecule has 4 aliphatic carbocycles. The summed E-state index contributed by atoms with van der Waals surface area (Å²) in [5.41, 5.74) is 6.18. The van der Waals surface area contributed by atoms with Crippen molar-refractivity contribution >= 4 is 11.8 Å². The van der Waals surface area contributed by atoms with Crippen LogP contribution in [0.5, 0.6) is 0 Å². The molecule has 1 aromatic heterocycles. The quantitative estimate of drug-likeness (QED) is 0.193. The first kappa shape index (κ1) is 37.6. The third-order valence-electron chi connectivity index (χ3n) is 16.3. The number of Topliss-reactive ketones (excluding diaryl/α,β-unsaturated/α-hetero) is 1. The number of carbonyl (C=O) groups excluding carboxylic acids is 1. The normalized spacial score (nSPS) is 42.9. The van der Waals surface area contributed by atoms with Crippen LogP contribution >= 0.6 is 0 Å². The number of allylic oxidation sites excluding steroid dienone is 1. The molecule has 0 radical (unpaired) electrons. The number of hydrogen-bond donors (Lipinski definition) is 2. The molecule has 1 aliphatic heterocycles. The van der Waals surface area contributed by atoms with Gasteiger partial charge in [0.15, 0.2) is 0 Å². The van der Waals surface area contributed by atoms with E-state index in [0.29, 0.717) is 50.4 Å². The molecule has 280 valence electrons. The van der Waals surface area contributed by atoms with Crippen molar-refractivity contribution in [3.05, 3.63) is 17.5 Å². The molecule has 5 aliphatic rings. The van der Waals surface area contributed by atoms with Crippen LogP contribution in [0.4, 0.5) is 0 Å². The van der Waals surface area contributed by atoms with Crippen molar-refractivity contribution in [2.75, 3.05) is 19.8 Å². The average Bonchev–Trinajstić information content (AvgIpc) is 3.54. The average molecular weight is 696 g/mol. The van der Waals surface area contributed by atoms with Crippen LogP contribution < -0.4 is 5.73 Å². The van der Waals surface area contributed by atoms with E-state index in [1.165, 1.54) is 5.57 Å². The van der Waals surface area contributed by atoms with Crippen molar-refractivity contribution in [1.29, 1.82) is 0 Å². The zero-order valence-corrected chi connectivity index (χ0v) is 32.7. The van der Waals surface area contributed by atoms with Crippen molar-refractivity contribution in [2.45, 2.75) is 139 Å². The molecule has 12 atom stereocenters. The van der Waals surface area contributed by atoms with Gasteiger partial charge in [0.25, 0.3) is 0 Å². The third kappa shape index (κ3) is 5.22. The number of aromatic nitrogens is 4. The first-order chi connectivity index (χ1) is 23.2. The highest BCUT2D eigenvalue weighted by Gasteiger charge is 2.72. The third-order valence-corrected chi connectivity index (χ3v) is 16.3. The van der Waals surface area contributed by atoms with E-state index < -0.39 is 22.8 Å². The second kappa shape index (κ2) is 12.5. The Morgan fingerprint density at radius 1 is 1.10 bits per heavy atom. The summed E-state index contributed by atoms with van der Waals surface area (Å²) in [5.74, 6) is 0.381. The maximum atomic E-state index is 13.5. The van der Waals surface area contributed by atoms with Gasteiger partial charge in [0.05, 0.1) is 31.8 Å². The van der Waals surface area contributed by atoms with Crippen molar-refractivity contribution in [2.24, 2.45) is 68.3 Å². The number of fused-ring (bicyclic) bond motifs is 3. The molecular formula is C40H65N5O5. The fourth-order valence-corrected chi connectivity index (χ4v) is 12.2. The van der Waals surface area contributed by atoms with Crippen LogP contribution in [0.1, 0.15) is 138 Å². The topological polar surface area (TPSA) is 142 Å². The van der Waals surface area contributed by atoms with Gasteiger partial charge in [0, 0.05) is 22.8 Å². The van der Waals surface area contributed by atoms with Gasteiger partial charge in [-0.15, -0.1) is 10.2 Å². The van der Waals surface area contributed by atoms with Gasteiger partial charge >= 0.3 is 5.97 Å². The van der Waals surface area contributed by atoms with Gasteiger partial charge in [-0.2, -0.15) is 4.80 Å².